The number of hydrogen-bond donors (Lipinski definition) is 2. The molecule has 1 aromatic carbocycles. The second kappa shape index (κ2) is 6.49. The Labute approximate surface area is 126 Å². The fourth-order valence-electron chi connectivity index (χ4n) is 1.66. The molecule has 0 radical (unpaired) electrons. The van der Waals surface area contributed by atoms with Gasteiger partial charge < -0.3 is 5.73 Å². The summed E-state index contributed by atoms with van der Waals surface area (Å²) < 4.78 is 39.8. The molecule has 1 saturated carbocycles. The van der Waals surface area contributed by atoms with Crippen LogP contribution < -0.4 is 10.5 Å². The first kappa shape index (κ1) is 16.8. The van der Waals surface area contributed by atoms with Crippen LogP contribution in [-0.2, 0) is 10.0 Å². The van der Waals surface area contributed by atoms with E-state index in [1.165, 1.54) is 12.1 Å². The van der Waals surface area contributed by atoms with Gasteiger partial charge in [0, 0.05) is 17.1 Å². The van der Waals surface area contributed by atoms with Crippen molar-refractivity contribution < 1.29 is 12.8 Å². The molecular weight excluding hydrogens is 359 g/mol. The van der Waals surface area contributed by atoms with Crippen LogP contribution in [0.3, 0.4) is 0 Å². The van der Waals surface area contributed by atoms with Gasteiger partial charge in [0.05, 0.1) is 4.90 Å². The largest absolute Gasteiger partial charge is 0.326 e. The van der Waals surface area contributed by atoms with Gasteiger partial charge in [-0.1, -0.05) is 0 Å². The van der Waals surface area contributed by atoms with Crippen LogP contribution >= 0.6 is 28.3 Å². The minimum absolute atomic E-state index is 0. The van der Waals surface area contributed by atoms with Gasteiger partial charge in [0.15, 0.2) is 0 Å². The molecule has 0 aliphatic heterocycles. The molecule has 0 bridgehead atoms. The van der Waals surface area contributed by atoms with Gasteiger partial charge in [-0.25, -0.2) is 17.5 Å². The average Bonchev–Trinajstić information content (AvgIpc) is 3.13. The van der Waals surface area contributed by atoms with E-state index in [-0.39, 0.29) is 29.9 Å². The van der Waals surface area contributed by atoms with E-state index in [1.54, 1.807) is 0 Å². The minimum Gasteiger partial charge on any atom is -0.326 e. The second-order valence-corrected chi connectivity index (χ2v) is 7.02. The number of nitrogens with two attached hydrogens (primary N) is 1. The zero-order valence-electron chi connectivity index (χ0n) is 9.97. The standard InChI is InChI=1S/C11H14BrFN2O2S.ClH/c12-9-4-3-8(13)5-11(9)18(16,17)15-6-10(14)7-1-2-7;/h3-5,7,10,15H,1-2,6,14H2;1H. The Morgan fingerprint density at radius 3 is 2.68 bits per heavy atom. The number of halogens is 3. The van der Waals surface area contributed by atoms with Crippen molar-refractivity contribution in [3.05, 3.63) is 28.5 Å². The van der Waals surface area contributed by atoms with Gasteiger partial charge in [0.25, 0.3) is 0 Å². The van der Waals surface area contributed by atoms with Crippen LogP contribution in [0.2, 0.25) is 0 Å². The third kappa shape index (κ3) is 4.39. The molecule has 1 atom stereocenters. The second-order valence-electron chi connectivity index (χ2n) is 4.43. The first-order valence-corrected chi connectivity index (χ1v) is 7.88. The number of benzene rings is 1. The van der Waals surface area contributed by atoms with E-state index in [1.807, 2.05) is 0 Å². The fraction of sp³-hybridized carbons (Fsp3) is 0.455. The van der Waals surface area contributed by atoms with E-state index in [2.05, 4.69) is 20.7 Å². The summed E-state index contributed by atoms with van der Waals surface area (Å²) in [5.74, 6) is -0.186. The molecule has 19 heavy (non-hydrogen) atoms. The van der Waals surface area contributed by atoms with E-state index < -0.39 is 15.8 Å². The van der Waals surface area contributed by atoms with Gasteiger partial charge in [0.1, 0.15) is 5.82 Å². The zero-order chi connectivity index (χ0) is 13.3. The molecule has 0 spiro atoms. The SMILES string of the molecule is Cl.NC(CNS(=O)(=O)c1cc(F)ccc1Br)C1CC1. The monoisotopic (exact) mass is 372 g/mol. The molecule has 0 saturated heterocycles. The number of nitrogens with one attached hydrogen (secondary N) is 1. The van der Waals surface area contributed by atoms with Crippen LogP contribution in [0.4, 0.5) is 4.39 Å². The molecule has 1 aliphatic carbocycles. The van der Waals surface area contributed by atoms with E-state index in [9.17, 15) is 12.8 Å². The van der Waals surface area contributed by atoms with E-state index in [0.29, 0.717) is 10.4 Å². The van der Waals surface area contributed by atoms with Crippen LogP contribution in [0, 0.1) is 11.7 Å². The van der Waals surface area contributed by atoms with Crippen LogP contribution in [0.15, 0.2) is 27.6 Å². The van der Waals surface area contributed by atoms with E-state index >= 15 is 0 Å². The number of hydrogen-bond acceptors (Lipinski definition) is 3. The Hall–Kier alpha value is -0.210. The van der Waals surface area contributed by atoms with Gasteiger partial charge in [-0.05, 0) is 52.9 Å². The van der Waals surface area contributed by atoms with Crippen molar-refractivity contribution in [1.29, 1.82) is 0 Å². The fourth-order valence-corrected chi connectivity index (χ4v) is 3.70. The van der Waals surface area contributed by atoms with Gasteiger partial charge in [-0.3, -0.25) is 0 Å². The lowest BCUT2D eigenvalue weighted by atomic mass is 10.2. The molecule has 0 aromatic heterocycles. The van der Waals surface area contributed by atoms with Gasteiger partial charge in [-0.2, -0.15) is 0 Å². The Kier molecular flexibility index (Phi) is 5.76. The predicted octanol–water partition coefficient (Wildman–Crippen LogP) is 2.03. The lowest BCUT2D eigenvalue weighted by Gasteiger charge is -2.13. The molecule has 2 rings (SSSR count). The predicted molar refractivity (Wildman–Crippen MR) is 77.2 cm³/mol. The summed E-state index contributed by atoms with van der Waals surface area (Å²) in [5.41, 5.74) is 5.82. The summed E-state index contributed by atoms with van der Waals surface area (Å²) >= 11 is 3.10. The third-order valence-corrected chi connectivity index (χ3v) is 5.34. The minimum atomic E-state index is -3.73. The van der Waals surface area contributed by atoms with Crippen LogP contribution in [0.5, 0.6) is 0 Å². The molecule has 1 aliphatic rings. The quantitative estimate of drug-likeness (QED) is 0.829. The highest BCUT2D eigenvalue weighted by Gasteiger charge is 2.29. The normalized spacial score (nSPS) is 16.8. The van der Waals surface area contributed by atoms with Gasteiger partial charge in [0.2, 0.25) is 10.0 Å². The average molecular weight is 374 g/mol. The molecule has 8 heteroatoms. The maximum atomic E-state index is 13.1. The first-order chi connectivity index (χ1) is 8.40. The molecule has 3 N–H and O–H groups in total. The summed E-state index contributed by atoms with van der Waals surface area (Å²) in [5, 5.41) is 0. The van der Waals surface area contributed by atoms with Crippen LogP contribution in [-0.4, -0.2) is 21.0 Å². The lowest BCUT2D eigenvalue weighted by molar-refractivity contribution is 0.546. The summed E-state index contributed by atoms with van der Waals surface area (Å²) in [6, 6.07) is 3.37. The van der Waals surface area contributed by atoms with Crippen molar-refractivity contribution in [3.8, 4) is 0 Å². The third-order valence-electron chi connectivity index (χ3n) is 2.92. The summed E-state index contributed by atoms with van der Waals surface area (Å²) in [4.78, 5) is -0.106. The maximum Gasteiger partial charge on any atom is 0.241 e. The molecule has 4 nitrogen and oxygen atoms in total. The molecule has 1 fully saturated rings. The van der Waals surface area contributed by atoms with Crippen molar-refractivity contribution in [2.24, 2.45) is 11.7 Å². The number of rotatable bonds is 5. The molecule has 0 amide bonds. The van der Waals surface area contributed by atoms with Crippen LogP contribution in [0.1, 0.15) is 12.8 Å². The molecule has 1 unspecified atom stereocenters. The van der Waals surface area contributed by atoms with Gasteiger partial charge in [-0.15, -0.1) is 12.4 Å². The Morgan fingerprint density at radius 2 is 2.11 bits per heavy atom. The highest BCUT2D eigenvalue weighted by molar-refractivity contribution is 9.10. The van der Waals surface area contributed by atoms with Crippen molar-refractivity contribution in [2.75, 3.05) is 6.54 Å². The highest BCUT2D eigenvalue weighted by Crippen LogP contribution is 2.31. The van der Waals surface area contributed by atoms with Crippen molar-refractivity contribution in [3.63, 3.8) is 0 Å². The molecule has 108 valence electrons. The summed E-state index contributed by atoms with van der Waals surface area (Å²) in [6.07, 6.45) is 2.10. The number of sulfonamides is 1. The summed E-state index contributed by atoms with van der Waals surface area (Å²) in [7, 11) is -3.73. The Bertz CT molecular complexity index is 552. The van der Waals surface area contributed by atoms with Crippen molar-refractivity contribution in [2.45, 2.75) is 23.8 Å². The highest BCUT2D eigenvalue weighted by atomic mass is 79.9. The van der Waals surface area contributed by atoms with E-state index in [4.69, 9.17) is 5.73 Å². The van der Waals surface area contributed by atoms with E-state index in [0.717, 1.165) is 18.9 Å². The molecule has 0 heterocycles. The smallest absolute Gasteiger partial charge is 0.241 e. The maximum absolute atomic E-state index is 13.1. The Morgan fingerprint density at radius 1 is 1.47 bits per heavy atom. The zero-order valence-corrected chi connectivity index (χ0v) is 13.2. The Balaban J connectivity index is 0.00000180. The lowest BCUT2D eigenvalue weighted by Crippen LogP contribution is -2.38. The topological polar surface area (TPSA) is 72.2 Å². The van der Waals surface area contributed by atoms with Crippen LogP contribution in [0.25, 0.3) is 0 Å². The van der Waals surface area contributed by atoms with Gasteiger partial charge >= 0.3 is 0 Å². The summed E-state index contributed by atoms with van der Waals surface area (Å²) in [6.45, 7) is 0.177. The van der Waals surface area contributed by atoms with Crippen molar-refractivity contribution in [1.82, 2.24) is 4.72 Å². The molecule has 1 aromatic rings. The molecular formula is C11H15BrClFN2O2S. The van der Waals surface area contributed by atoms with Crippen molar-refractivity contribution >= 4 is 38.4 Å². The first-order valence-electron chi connectivity index (χ1n) is 5.60.